The van der Waals surface area contributed by atoms with Crippen LogP contribution in [-0.2, 0) is 4.79 Å². The lowest BCUT2D eigenvalue weighted by Gasteiger charge is -2.16. The Morgan fingerprint density at radius 1 is 0.867 bits per heavy atom. The molecular formula is C25H22N2O2S. The van der Waals surface area contributed by atoms with Crippen LogP contribution in [0.2, 0.25) is 0 Å². The van der Waals surface area contributed by atoms with Crippen LogP contribution in [0.1, 0.15) is 16.7 Å². The van der Waals surface area contributed by atoms with Crippen molar-refractivity contribution in [3.05, 3.63) is 94.4 Å². The standard InChI is InChI=1S/C25H22N2O2S/c1-17-4-10-20(11-5-17)26-25-27(21-12-6-18(2)7-13-21)24(28)23(30-25)16-19-8-14-22(29-3)15-9-19/h4-16H,1-3H3/b23-16-,26-25-. The van der Waals surface area contributed by atoms with Crippen LogP contribution < -0.4 is 9.64 Å². The van der Waals surface area contributed by atoms with Gasteiger partial charge >= 0.3 is 0 Å². The fraction of sp³-hybridized carbons (Fsp3) is 0.120. The molecular weight excluding hydrogens is 392 g/mol. The number of amides is 1. The van der Waals surface area contributed by atoms with Gasteiger partial charge in [0, 0.05) is 0 Å². The van der Waals surface area contributed by atoms with Crippen LogP contribution in [0.3, 0.4) is 0 Å². The van der Waals surface area contributed by atoms with E-state index in [9.17, 15) is 4.79 Å². The molecule has 1 aliphatic heterocycles. The highest BCUT2D eigenvalue weighted by Crippen LogP contribution is 2.37. The van der Waals surface area contributed by atoms with Gasteiger partial charge in [0.15, 0.2) is 5.17 Å². The number of benzene rings is 3. The van der Waals surface area contributed by atoms with Gasteiger partial charge in [-0.3, -0.25) is 9.69 Å². The van der Waals surface area contributed by atoms with Crippen molar-refractivity contribution < 1.29 is 9.53 Å². The third-order valence-corrected chi connectivity index (χ3v) is 5.74. The first-order chi connectivity index (χ1) is 14.5. The number of ether oxygens (including phenoxy) is 1. The Kier molecular flexibility index (Phi) is 5.72. The molecule has 1 aliphatic rings. The highest BCUT2D eigenvalue weighted by atomic mass is 32.2. The van der Waals surface area contributed by atoms with E-state index in [4.69, 9.17) is 9.73 Å². The predicted molar refractivity (Wildman–Crippen MR) is 126 cm³/mol. The lowest BCUT2D eigenvalue weighted by molar-refractivity contribution is -0.113. The van der Waals surface area contributed by atoms with Crippen molar-refractivity contribution in [1.82, 2.24) is 0 Å². The maximum atomic E-state index is 13.3. The zero-order valence-electron chi connectivity index (χ0n) is 17.1. The Morgan fingerprint density at radius 2 is 1.47 bits per heavy atom. The van der Waals surface area contributed by atoms with Crippen molar-refractivity contribution in [2.24, 2.45) is 4.99 Å². The van der Waals surface area contributed by atoms with Crippen LogP contribution >= 0.6 is 11.8 Å². The second-order valence-corrected chi connectivity index (χ2v) is 8.10. The fourth-order valence-corrected chi connectivity index (χ4v) is 4.05. The van der Waals surface area contributed by atoms with Crippen molar-refractivity contribution in [3.8, 4) is 5.75 Å². The summed E-state index contributed by atoms with van der Waals surface area (Å²) < 4.78 is 5.22. The molecule has 0 saturated carbocycles. The molecule has 3 aromatic carbocycles. The summed E-state index contributed by atoms with van der Waals surface area (Å²) in [5.74, 6) is 0.705. The van der Waals surface area contributed by atoms with E-state index in [1.165, 1.54) is 17.3 Å². The molecule has 1 fully saturated rings. The van der Waals surface area contributed by atoms with Crippen LogP contribution in [0.4, 0.5) is 11.4 Å². The molecule has 1 amide bonds. The Labute approximate surface area is 180 Å². The van der Waals surface area contributed by atoms with Crippen molar-refractivity contribution in [3.63, 3.8) is 0 Å². The molecule has 0 unspecified atom stereocenters. The van der Waals surface area contributed by atoms with Crippen molar-refractivity contribution in [2.45, 2.75) is 13.8 Å². The number of aliphatic imine (C=N–C) groups is 1. The van der Waals surface area contributed by atoms with E-state index in [1.807, 2.05) is 92.7 Å². The van der Waals surface area contributed by atoms with Crippen molar-refractivity contribution >= 4 is 40.3 Å². The normalized spacial score (nSPS) is 16.5. The number of rotatable bonds is 4. The fourth-order valence-electron chi connectivity index (χ4n) is 3.05. The zero-order chi connectivity index (χ0) is 21.1. The number of carbonyl (C=O) groups excluding carboxylic acids is 1. The number of hydrogen-bond donors (Lipinski definition) is 0. The van der Waals surface area contributed by atoms with Crippen molar-refractivity contribution in [2.75, 3.05) is 12.0 Å². The van der Waals surface area contributed by atoms with E-state index in [-0.39, 0.29) is 5.91 Å². The summed E-state index contributed by atoms with van der Waals surface area (Å²) in [5, 5.41) is 0.646. The van der Waals surface area contributed by atoms with E-state index >= 15 is 0 Å². The SMILES string of the molecule is COc1ccc(/C=C2\S/C(=N\c3ccc(C)cc3)N(c3ccc(C)cc3)C2=O)cc1. The summed E-state index contributed by atoms with van der Waals surface area (Å²) in [5.41, 5.74) is 4.88. The lowest BCUT2D eigenvalue weighted by Crippen LogP contribution is -2.28. The van der Waals surface area contributed by atoms with Gasteiger partial charge in [-0.1, -0.05) is 47.5 Å². The van der Waals surface area contributed by atoms with Gasteiger partial charge < -0.3 is 4.74 Å². The molecule has 1 heterocycles. The smallest absolute Gasteiger partial charge is 0.271 e. The highest BCUT2D eigenvalue weighted by molar-refractivity contribution is 8.19. The molecule has 5 heteroatoms. The second kappa shape index (κ2) is 8.59. The molecule has 0 spiro atoms. The number of amidine groups is 1. The Bertz CT molecular complexity index is 1120. The third-order valence-electron chi connectivity index (χ3n) is 4.77. The summed E-state index contributed by atoms with van der Waals surface area (Å²) in [6, 6.07) is 23.5. The molecule has 4 nitrogen and oxygen atoms in total. The number of aryl methyl sites for hydroxylation is 2. The average Bonchev–Trinajstić information content (AvgIpc) is 3.05. The number of hydrogen-bond acceptors (Lipinski definition) is 4. The van der Waals surface area contributed by atoms with E-state index in [0.29, 0.717) is 10.1 Å². The third kappa shape index (κ3) is 4.31. The van der Waals surface area contributed by atoms with Crippen LogP contribution in [0.5, 0.6) is 5.75 Å². The minimum atomic E-state index is -0.0782. The zero-order valence-corrected chi connectivity index (χ0v) is 17.9. The minimum Gasteiger partial charge on any atom is -0.497 e. The van der Waals surface area contributed by atoms with Crippen LogP contribution in [0.15, 0.2) is 82.7 Å². The largest absolute Gasteiger partial charge is 0.497 e. The monoisotopic (exact) mass is 414 g/mol. The van der Waals surface area contributed by atoms with Gasteiger partial charge in [-0.2, -0.15) is 0 Å². The molecule has 0 atom stereocenters. The van der Waals surface area contributed by atoms with Gasteiger partial charge in [0.05, 0.1) is 23.4 Å². The Balaban J connectivity index is 1.74. The van der Waals surface area contributed by atoms with Crippen LogP contribution in [-0.4, -0.2) is 18.2 Å². The minimum absolute atomic E-state index is 0.0782. The molecule has 0 aromatic heterocycles. The second-order valence-electron chi connectivity index (χ2n) is 7.09. The molecule has 3 aromatic rings. The highest BCUT2D eigenvalue weighted by Gasteiger charge is 2.34. The topological polar surface area (TPSA) is 41.9 Å². The first-order valence-corrected chi connectivity index (χ1v) is 10.5. The molecule has 150 valence electrons. The van der Waals surface area contributed by atoms with Gasteiger partial charge in [-0.05, 0) is 73.6 Å². The number of anilines is 1. The van der Waals surface area contributed by atoms with Gasteiger partial charge in [0.2, 0.25) is 0 Å². The van der Waals surface area contributed by atoms with E-state index in [2.05, 4.69) is 0 Å². The summed E-state index contributed by atoms with van der Waals surface area (Å²) >= 11 is 1.39. The summed E-state index contributed by atoms with van der Waals surface area (Å²) in [6.45, 7) is 4.07. The maximum Gasteiger partial charge on any atom is 0.271 e. The number of thioether (sulfide) groups is 1. The molecule has 4 rings (SSSR count). The lowest BCUT2D eigenvalue weighted by atomic mass is 10.2. The Morgan fingerprint density at radius 3 is 2.07 bits per heavy atom. The van der Waals surface area contributed by atoms with E-state index in [1.54, 1.807) is 12.0 Å². The molecule has 0 N–H and O–H groups in total. The summed E-state index contributed by atoms with van der Waals surface area (Å²) in [7, 11) is 1.64. The van der Waals surface area contributed by atoms with Crippen LogP contribution in [0, 0.1) is 13.8 Å². The van der Waals surface area contributed by atoms with Gasteiger partial charge in [-0.15, -0.1) is 0 Å². The van der Waals surface area contributed by atoms with Crippen molar-refractivity contribution in [1.29, 1.82) is 0 Å². The quantitative estimate of drug-likeness (QED) is 0.483. The Hall–Kier alpha value is -3.31. The van der Waals surface area contributed by atoms with E-state index in [0.717, 1.165) is 28.3 Å². The maximum absolute atomic E-state index is 13.3. The number of nitrogens with zero attached hydrogens (tertiary/aromatic N) is 2. The summed E-state index contributed by atoms with van der Waals surface area (Å²) in [6.07, 6.45) is 1.89. The molecule has 1 saturated heterocycles. The first-order valence-electron chi connectivity index (χ1n) is 9.63. The van der Waals surface area contributed by atoms with Gasteiger partial charge in [0.25, 0.3) is 5.91 Å². The molecule has 0 aliphatic carbocycles. The summed E-state index contributed by atoms with van der Waals surface area (Å²) in [4.78, 5) is 20.4. The number of carbonyl (C=O) groups is 1. The molecule has 30 heavy (non-hydrogen) atoms. The predicted octanol–water partition coefficient (Wildman–Crippen LogP) is 6.12. The van der Waals surface area contributed by atoms with Gasteiger partial charge in [-0.25, -0.2) is 4.99 Å². The van der Waals surface area contributed by atoms with Gasteiger partial charge in [0.1, 0.15) is 5.75 Å². The molecule has 0 radical (unpaired) electrons. The molecule has 0 bridgehead atoms. The van der Waals surface area contributed by atoms with E-state index < -0.39 is 0 Å². The average molecular weight is 415 g/mol. The number of methoxy groups -OCH3 is 1. The first kappa shape index (κ1) is 20.0. The van der Waals surface area contributed by atoms with Crippen LogP contribution in [0.25, 0.3) is 6.08 Å².